The van der Waals surface area contributed by atoms with Crippen LogP contribution in [0.3, 0.4) is 0 Å². The normalized spacial score (nSPS) is 24.2. The molecule has 1 spiro atoms. The number of amides is 2. The summed E-state index contributed by atoms with van der Waals surface area (Å²) in [7, 11) is 1.39. The van der Waals surface area contributed by atoms with Gasteiger partial charge in [-0.1, -0.05) is 0 Å². The lowest BCUT2D eigenvalue weighted by Crippen LogP contribution is -2.47. The summed E-state index contributed by atoms with van der Waals surface area (Å²) < 4.78 is 17.9. The summed E-state index contributed by atoms with van der Waals surface area (Å²) in [5.41, 5.74) is 0.746. The zero-order valence-electron chi connectivity index (χ0n) is 17.6. The van der Waals surface area contributed by atoms with Crippen LogP contribution >= 0.6 is 0 Å². The number of nitrogens with one attached hydrogen (secondary N) is 1. The Kier molecular flexibility index (Phi) is 6.13. The fourth-order valence-electron chi connectivity index (χ4n) is 5.03. The van der Waals surface area contributed by atoms with Crippen molar-refractivity contribution in [3.8, 4) is 0 Å². The molecule has 0 unspecified atom stereocenters. The second-order valence-corrected chi connectivity index (χ2v) is 8.71. The number of nitrogens with zero attached hydrogens (tertiary/aromatic N) is 3. The molecule has 3 fully saturated rings. The first-order valence-electron chi connectivity index (χ1n) is 10.9. The lowest BCUT2D eigenvalue weighted by molar-refractivity contribution is -0.129. The maximum atomic E-state index is 13.1. The van der Waals surface area contributed by atoms with Crippen molar-refractivity contribution in [1.82, 2.24) is 15.1 Å². The Hall–Kier alpha value is -2.35. The molecule has 0 bridgehead atoms. The number of piperazine rings is 1. The molecule has 1 aromatic rings. The van der Waals surface area contributed by atoms with Crippen molar-refractivity contribution >= 4 is 17.7 Å². The largest absolute Gasteiger partial charge is 0.453 e. The molecule has 8 heteroatoms. The van der Waals surface area contributed by atoms with E-state index in [0.29, 0.717) is 25.9 Å². The number of anilines is 1. The smallest absolute Gasteiger partial charge is 0.409 e. The fraction of sp³-hybridized carbons (Fsp3) is 0.636. The minimum Gasteiger partial charge on any atom is -0.453 e. The lowest BCUT2D eigenvalue weighted by atomic mass is 9.76. The molecule has 164 valence electrons. The van der Waals surface area contributed by atoms with Crippen molar-refractivity contribution in [2.24, 2.45) is 5.41 Å². The molecule has 1 aromatic carbocycles. The fourth-order valence-corrected chi connectivity index (χ4v) is 5.03. The van der Waals surface area contributed by atoms with E-state index < -0.39 is 0 Å². The van der Waals surface area contributed by atoms with Crippen molar-refractivity contribution in [2.45, 2.75) is 31.7 Å². The van der Waals surface area contributed by atoms with Crippen molar-refractivity contribution in [2.75, 3.05) is 57.8 Å². The predicted molar refractivity (Wildman–Crippen MR) is 112 cm³/mol. The molecule has 0 radical (unpaired) electrons. The third-order valence-corrected chi connectivity index (χ3v) is 6.97. The first-order valence-corrected chi connectivity index (χ1v) is 10.9. The molecule has 7 nitrogen and oxygen atoms in total. The van der Waals surface area contributed by atoms with E-state index in [2.05, 4.69) is 15.1 Å². The Morgan fingerprint density at radius 2 is 1.80 bits per heavy atom. The maximum Gasteiger partial charge on any atom is 0.409 e. The van der Waals surface area contributed by atoms with Gasteiger partial charge in [0.15, 0.2) is 0 Å². The Morgan fingerprint density at radius 3 is 2.43 bits per heavy atom. The molecular weight excluding hydrogens is 387 g/mol. The molecule has 0 aromatic heterocycles. The average Bonchev–Trinajstić information content (AvgIpc) is 3.08. The molecule has 1 atom stereocenters. The van der Waals surface area contributed by atoms with Crippen molar-refractivity contribution < 1.29 is 18.7 Å². The van der Waals surface area contributed by atoms with Gasteiger partial charge in [-0.3, -0.25) is 9.69 Å². The number of methoxy groups -OCH3 is 1. The van der Waals surface area contributed by atoms with Gasteiger partial charge in [0.2, 0.25) is 5.91 Å². The van der Waals surface area contributed by atoms with Crippen molar-refractivity contribution in [3.05, 3.63) is 30.1 Å². The van der Waals surface area contributed by atoms with Gasteiger partial charge in [0.05, 0.1) is 12.5 Å². The SMILES string of the molecule is COC(=O)N1CCC2(CC1)C[C@H](CCN1CCN(c3ccc(F)cc3)CC1)NC2=O. The third kappa shape index (κ3) is 4.38. The van der Waals surface area contributed by atoms with Gasteiger partial charge in [0, 0.05) is 57.5 Å². The molecule has 3 saturated heterocycles. The van der Waals surface area contributed by atoms with Crippen molar-refractivity contribution in [3.63, 3.8) is 0 Å². The van der Waals surface area contributed by atoms with E-state index in [1.807, 2.05) is 12.1 Å². The summed E-state index contributed by atoms with van der Waals surface area (Å²) in [4.78, 5) is 30.8. The first-order chi connectivity index (χ1) is 14.5. The zero-order chi connectivity index (χ0) is 21.1. The number of rotatable bonds is 4. The van der Waals surface area contributed by atoms with E-state index in [0.717, 1.165) is 51.3 Å². The van der Waals surface area contributed by atoms with Crippen LogP contribution in [0, 0.1) is 11.2 Å². The van der Waals surface area contributed by atoms with Gasteiger partial charge in [0.25, 0.3) is 0 Å². The molecule has 3 aliphatic rings. The Labute approximate surface area is 177 Å². The summed E-state index contributed by atoms with van der Waals surface area (Å²) in [6.45, 7) is 5.92. The van der Waals surface area contributed by atoms with Gasteiger partial charge in [-0.15, -0.1) is 0 Å². The second-order valence-electron chi connectivity index (χ2n) is 8.71. The van der Waals surface area contributed by atoms with Gasteiger partial charge in [-0.05, 0) is 49.9 Å². The number of likely N-dealkylation sites (tertiary alicyclic amines) is 1. The van der Waals surface area contributed by atoms with Crippen LogP contribution in [0.2, 0.25) is 0 Å². The number of carbonyl (C=O) groups excluding carboxylic acids is 2. The van der Waals surface area contributed by atoms with Gasteiger partial charge in [-0.25, -0.2) is 9.18 Å². The number of ether oxygens (including phenoxy) is 1. The van der Waals surface area contributed by atoms with E-state index in [1.54, 1.807) is 4.90 Å². The highest BCUT2D eigenvalue weighted by Crippen LogP contribution is 2.41. The van der Waals surface area contributed by atoms with E-state index in [-0.39, 0.29) is 29.3 Å². The molecule has 30 heavy (non-hydrogen) atoms. The molecule has 0 saturated carbocycles. The van der Waals surface area contributed by atoms with Gasteiger partial charge >= 0.3 is 6.09 Å². The highest BCUT2D eigenvalue weighted by molar-refractivity contribution is 5.85. The van der Waals surface area contributed by atoms with Crippen LogP contribution in [-0.4, -0.2) is 80.8 Å². The lowest BCUT2D eigenvalue weighted by Gasteiger charge is -2.37. The van der Waals surface area contributed by atoms with Crippen LogP contribution in [0.15, 0.2) is 24.3 Å². The molecule has 3 heterocycles. The topological polar surface area (TPSA) is 65.1 Å². The van der Waals surface area contributed by atoms with Crippen LogP contribution in [0.1, 0.15) is 25.7 Å². The van der Waals surface area contributed by atoms with E-state index in [1.165, 1.54) is 19.2 Å². The molecule has 3 aliphatic heterocycles. The standard InChI is InChI=1S/C22H31FN4O3/c1-30-21(29)27-10-7-22(8-11-27)16-18(24-20(22)28)6-9-25-12-14-26(15-13-25)19-4-2-17(23)3-5-19/h2-5,18H,6-16H2,1H3,(H,24,28)/t18-/m0/s1. The Morgan fingerprint density at radius 1 is 1.13 bits per heavy atom. The highest BCUT2D eigenvalue weighted by atomic mass is 19.1. The van der Waals surface area contributed by atoms with Gasteiger partial charge in [0.1, 0.15) is 5.82 Å². The summed E-state index contributed by atoms with van der Waals surface area (Å²) >= 11 is 0. The highest BCUT2D eigenvalue weighted by Gasteiger charge is 2.48. The maximum absolute atomic E-state index is 13.1. The quantitative estimate of drug-likeness (QED) is 0.811. The minimum atomic E-state index is -0.323. The molecule has 2 amide bonds. The van der Waals surface area contributed by atoms with Crippen LogP contribution in [0.4, 0.5) is 14.9 Å². The van der Waals surface area contributed by atoms with E-state index in [4.69, 9.17) is 4.74 Å². The number of hydrogen-bond donors (Lipinski definition) is 1. The summed E-state index contributed by atoms with van der Waals surface area (Å²) in [6.07, 6.45) is 2.92. The van der Waals surface area contributed by atoms with Crippen LogP contribution in [0.25, 0.3) is 0 Å². The number of piperidine rings is 1. The van der Waals surface area contributed by atoms with Gasteiger partial charge < -0.3 is 19.9 Å². The van der Waals surface area contributed by atoms with E-state index >= 15 is 0 Å². The molecule has 1 N–H and O–H groups in total. The monoisotopic (exact) mass is 418 g/mol. The average molecular weight is 419 g/mol. The number of hydrogen-bond acceptors (Lipinski definition) is 5. The van der Waals surface area contributed by atoms with E-state index in [9.17, 15) is 14.0 Å². The number of halogens is 1. The minimum absolute atomic E-state index is 0.151. The molecule has 0 aliphatic carbocycles. The predicted octanol–water partition coefficient (Wildman–Crippen LogP) is 2.07. The summed E-state index contributed by atoms with van der Waals surface area (Å²) in [6, 6.07) is 6.90. The van der Waals surface area contributed by atoms with Crippen LogP contribution < -0.4 is 10.2 Å². The third-order valence-electron chi connectivity index (χ3n) is 6.97. The Balaban J connectivity index is 1.22. The number of carbonyl (C=O) groups is 2. The van der Waals surface area contributed by atoms with Crippen LogP contribution in [0.5, 0.6) is 0 Å². The zero-order valence-corrected chi connectivity index (χ0v) is 17.6. The summed E-state index contributed by atoms with van der Waals surface area (Å²) in [5.74, 6) is -0.0529. The summed E-state index contributed by atoms with van der Waals surface area (Å²) in [5, 5.41) is 3.21. The molecular formula is C22H31FN4O3. The van der Waals surface area contributed by atoms with Crippen molar-refractivity contribution in [1.29, 1.82) is 0 Å². The Bertz CT molecular complexity index is 756. The number of benzene rings is 1. The molecule has 4 rings (SSSR count). The van der Waals surface area contributed by atoms with Crippen LogP contribution in [-0.2, 0) is 9.53 Å². The second kappa shape index (κ2) is 8.79. The van der Waals surface area contributed by atoms with Gasteiger partial charge in [-0.2, -0.15) is 0 Å². The first kappa shape index (κ1) is 20.9.